The summed E-state index contributed by atoms with van der Waals surface area (Å²) in [6, 6.07) is 4.10. The number of amides is 2. The first kappa shape index (κ1) is 16.6. The molecule has 1 aliphatic rings. The maximum absolute atomic E-state index is 12.1. The lowest BCUT2D eigenvalue weighted by Gasteiger charge is -2.39. The molecule has 2 amide bonds. The molecule has 0 N–H and O–H groups in total. The van der Waals surface area contributed by atoms with Crippen LogP contribution in [-0.4, -0.2) is 61.1 Å². The number of anilines is 1. The molecule has 1 aliphatic heterocycles. The summed E-state index contributed by atoms with van der Waals surface area (Å²) in [6.45, 7) is 1.54. The Kier molecular flexibility index (Phi) is 5.24. The second-order valence-corrected chi connectivity index (χ2v) is 6.58. The van der Waals surface area contributed by atoms with Gasteiger partial charge in [-0.05, 0) is 34.8 Å². The molecule has 118 valence electrons. The largest absolute Gasteiger partial charge is 0.353 e. The van der Waals surface area contributed by atoms with E-state index in [1.165, 1.54) is 0 Å². The topological polar surface area (TPSA) is 63.5 Å². The highest BCUT2D eigenvalue weighted by molar-refractivity contribution is 9.10. The molecule has 1 saturated heterocycles. The van der Waals surface area contributed by atoms with Crippen LogP contribution in [0.3, 0.4) is 0 Å². The van der Waals surface area contributed by atoms with Crippen molar-refractivity contribution in [2.75, 3.05) is 39.1 Å². The standard InChI is InChI=1S/C15H20BrN5O/c1-19(2)15(22)20(3)13-5-4-6-21(10-13)14-11(8-17)7-12(16)9-18-14/h7,9,13H,4-6,10H2,1-3H3. The van der Waals surface area contributed by atoms with Crippen molar-refractivity contribution in [3.05, 3.63) is 22.3 Å². The number of likely N-dealkylation sites (N-methyl/N-ethyl adjacent to an activating group) is 1. The van der Waals surface area contributed by atoms with Crippen LogP contribution in [0.5, 0.6) is 0 Å². The van der Waals surface area contributed by atoms with Crippen molar-refractivity contribution in [2.45, 2.75) is 18.9 Å². The number of hydrogen-bond donors (Lipinski definition) is 0. The number of nitriles is 1. The second-order valence-electron chi connectivity index (χ2n) is 5.67. The molecule has 0 radical (unpaired) electrons. The minimum atomic E-state index is -0.00359. The van der Waals surface area contributed by atoms with Gasteiger partial charge in [0.15, 0.2) is 0 Å². The van der Waals surface area contributed by atoms with Gasteiger partial charge < -0.3 is 14.7 Å². The zero-order chi connectivity index (χ0) is 16.3. The zero-order valence-electron chi connectivity index (χ0n) is 13.1. The molecule has 0 aliphatic carbocycles. The number of carbonyl (C=O) groups excluding carboxylic acids is 1. The van der Waals surface area contributed by atoms with Crippen LogP contribution in [0.2, 0.25) is 0 Å². The number of hydrogen-bond acceptors (Lipinski definition) is 4. The number of rotatable bonds is 2. The summed E-state index contributed by atoms with van der Waals surface area (Å²) in [5, 5.41) is 9.30. The quantitative estimate of drug-likeness (QED) is 0.806. The predicted octanol–water partition coefficient (Wildman–Crippen LogP) is 2.30. The van der Waals surface area contributed by atoms with E-state index in [0.29, 0.717) is 17.9 Å². The van der Waals surface area contributed by atoms with Crippen molar-refractivity contribution in [2.24, 2.45) is 0 Å². The van der Waals surface area contributed by atoms with E-state index in [1.807, 2.05) is 7.05 Å². The summed E-state index contributed by atoms with van der Waals surface area (Å²) in [5.74, 6) is 0.695. The van der Waals surface area contributed by atoms with Crippen LogP contribution < -0.4 is 4.90 Å². The average molecular weight is 366 g/mol. The number of nitrogens with zero attached hydrogens (tertiary/aromatic N) is 5. The highest BCUT2D eigenvalue weighted by Crippen LogP contribution is 2.25. The number of urea groups is 1. The molecule has 1 aromatic rings. The van der Waals surface area contributed by atoms with Gasteiger partial charge in [-0.2, -0.15) is 5.26 Å². The summed E-state index contributed by atoms with van der Waals surface area (Å²) in [7, 11) is 5.34. The first-order chi connectivity index (χ1) is 10.4. The Labute approximate surface area is 139 Å². The molecule has 0 saturated carbocycles. The Morgan fingerprint density at radius 2 is 2.23 bits per heavy atom. The van der Waals surface area contributed by atoms with Gasteiger partial charge in [0, 0.05) is 44.9 Å². The van der Waals surface area contributed by atoms with Gasteiger partial charge in [-0.1, -0.05) is 0 Å². The van der Waals surface area contributed by atoms with Crippen molar-refractivity contribution in [1.29, 1.82) is 5.26 Å². The van der Waals surface area contributed by atoms with E-state index in [1.54, 1.807) is 36.2 Å². The Morgan fingerprint density at radius 3 is 2.86 bits per heavy atom. The fourth-order valence-corrected chi connectivity index (χ4v) is 3.03. The summed E-state index contributed by atoms with van der Waals surface area (Å²) in [4.78, 5) is 22.0. The Balaban J connectivity index is 2.18. The molecule has 1 atom stereocenters. The smallest absolute Gasteiger partial charge is 0.319 e. The van der Waals surface area contributed by atoms with Crippen LogP contribution in [0.25, 0.3) is 0 Å². The molecule has 1 aromatic heterocycles. The molecular weight excluding hydrogens is 346 g/mol. The van der Waals surface area contributed by atoms with Crippen LogP contribution in [0, 0.1) is 11.3 Å². The van der Waals surface area contributed by atoms with Crippen molar-refractivity contribution >= 4 is 27.8 Å². The maximum atomic E-state index is 12.1. The lowest BCUT2D eigenvalue weighted by atomic mass is 10.0. The van der Waals surface area contributed by atoms with Gasteiger partial charge in [-0.3, -0.25) is 0 Å². The zero-order valence-corrected chi connectivity index (χ0v) is 14.7. The molecule has 1 fully saturated rings. The Hall–Kier alpha value is -1.81. The molecule has 0 aromatic carbocycles. The molecule has 1 unspecified atom stereocenters. The van der Waals surface area contributed by atoms with E-state index < -0.39 is 0 Å². The summed E-state index contributed by atoms with van der Waals surface area (Å²) < 4.78 is 0.793. The summed E-state index contributed by atoms with van der Waals surface area (Å²) >= 11 is 3.34. The van der Waals surface area contributed by atoms with Gasteiger partial charge in [-0.25, -0.2) is 9.78 Å². The van der Waals surface area contributed by atoms with E-state index in [0.717, 1.165) is 23.9 Å². The number of carbonyl (C=O) groups is 1. The van der Waals surface area contributed by atoms with Crippen molar-refractivity contribution in [3.63, 3.8) is 0 Å². The van der Waals surface area contributed by atoms with Gasteiger partial charge in [0.05, 0.1) is 11.6 Å². The number of pyridine rings is 1. The van der Waals surface area contributed by atoms with Crippen molar-refractivity contribution < 1.29 is 4.79 Å². The van der Waals surface area contributed by atoms with Gasteiger partial charge in [0.2, 0.25) is 0 Å². The second kappa shape index (κ2) is 6.97. The number of halogens is 1. The first-order valence-corrected chi connectivity index (χ1v) is 7.98. The Morgan fingerprint density at radius 1 is 1.50 bits per heavy atom. The summed E-state index contributed by atoms with van der Waals surface area (Å²) in [6.07, 6.45) is 3.64. The van der Waals surface area contributed by atoms with E-state index >= 15 is 0 Å². The minimum absolute atomic E-state index is 0.00359. The minimum Gasteiger partial charge on any atom is -0.353 e. The maximum Gasteiger partial charge on any atom is 0.319 e. The van der Waals surface area contributed by atoms with E-state index in [9.17, 15) is 10.1 Å². The average Bonchev–Trinajstić information content (AvgIpc) is 2.53. The molecule has 6 nitrogen and oxygen atoms in total. The fraction of sp³-hybridized carbons (Fsp3) is 0.533. The Bertz CT molecular complexity index is 598. The molecule has 0 spiro atoms. The van der Waals surface area contributed by atoms with Crippen molar-refractivity contribution in [1.82, 2.24) is 14.8 Å². The molecule has 7 heteroatoms. The third-order valence-electron chi connectivity index (χ3n) is 3.88. The van der Waals surface area contributed by atoms with Gasteiger partial charge in [-0.15, -0.1) is 0 Å². The number of piperidine rings is 1. The fourth-order valence-electron chi connectivity index (χ4n) is 2.70. The molecule has 2 rings (SSSR count). The van der Waals surface area contributed by atoms with E-state index in [-0.39, 0.29) is 12.1 Å². The van der Waals surface area contributed by atoms with Gasteiger partial charge >= 0.3 is 6.03 Å². The lowest BCUT2D eigenvalue weighted by Crippen LogP contribution is -2.51. The molecular formula is C15H20BrN5O. The van der Waals surface area contributed by atoms with Crippen molar-refractivity contribution in [3.8, 4) is 6.07 Å². The molecule has 2 heterocycles. The van der Waals surface area contributed by atoms with E-state index in [4.69, 9.17) is 0 Å². The van der Waals surface area contributed by atoms with Crippen LogP contribution in [-0.2, 0) is 0 Å². The number of aromatic nitrogens is 1. The van der Waals surface area contributed by atoms with Crippen LogP contribution in [0.1, 0.15) is 18.4 Å². The summed E-state index contributed by atoms with van der Waals surface area (Å²) in [5.41, 5.74) is 0.552. The first-order valence-electron chi connectivity index (χ1n) is 7.18. The van der Waals surface area contributed by atoms with Crippen LogP contribution in [0.15, 0.2) is 16.7 Å². The SMILES string of the molecule is CN(C)C(=O)N(C)C1CCCN(c2ncc(Br)cc2C#N)C1. The predicted molar refractivity (Wildman–Crippen MR) is 88.7 cm³/mol. The monoisotopic (exact) mass is 365 g/mol. The lowest BCUT2D eigenvalue weighted by molar-refractivity contribution is 0.157. The van der Waals surface area contributed by atoms with Crippen LogP contribution >= 0.6 is 15.9 Å². The van der Waals surface area contributed by atoms with Gasteiger partial charge in [0.1, 0.15) is 11.9 Å². The normalized spacial score (nSPS) is 17.8. The third-order valence-corrected chi connectivity index (χ3v) is 4.32. The molecule has 0 bridgehead atoms. The molecule has 22 heavy (non-hydrogen) atoms. The highest BCUT2D eigenvalue weighted by Gasteiger charge is 2.28. The van der Waals surface area contributed by atoms with Crippen LogP contribution in [0.4, 0.5) is 10.6 Å². The third kappa shape index (κ3) is 3.50. The van der Waals surface area contributed by atoms with Gasteiger partial charge in [0.25, 0.3) is 0 Å². The van der Waals surface area contributed by atoms with E-state index in [2.05, 4.69) is 31.9 Å². The highest BCUT2D eigenvalue weighted by atomic mass is 79.9.